The number of amides is 1. The van der Waals surface area contributed by atoms with Crippen molar-refractivity contribution in [3.05, 3.63) is 92.0 Å². The Morgan fingerprint density at radius 3 is 2.40 bits per heavy atom. The first-order valence-corrected chi connectivity index (χ1v) is 10.6. The van der Waals surface area contributed by atoms with Crippen molar-refractivity contribution in [1.29, 1.82) is 0 Å². The molecule has 150 valence electrons. The van der Waals surface area contributed by atoms with Gasteiger partial charge in [0.05, 0.1) is 32.5 Å². The fourth-order valence-corrected chi connectivity index (χ4v) is 3.68. The molecule has 30 heavy (non-hydrogen) atoms. The Kier molecular flexibility index (Phi) is 6.16. The van der Waals surface area contributed by atoms with Gasteiger partial charge in [-0.15, -0.1) is 0 Å². The van der Waals surface area contributed by atoms with Gasteiger partial charge in [0.25, 0.3) is 5.91 Å². The molecule has 0 aliphatic carbocycles. The van der Waals surface area contributed by atoms with Gasteiger partial charge in [-0.1, -0.05) is 75.0 Å². The number of anilines is 1. The van der Waals surface area contributed by atoms with Gasteiger partial charge >= 0.3 is 0 Å². The van der Waals surface area contributed by atoms with Gasteiger partial charge in [-0.25, -0.2) is 4.98 Å². The van der Waals surface area contributed by atoms with Crippen LogP contribution in [0.15, 0.2) is 75.8 Å². The van der Waals surface area contributed by atoms with E-state index in [1.54, 1.807) is 24.4 Å². The van der Waals surface area contributed by atoms with Crippen LogP contribution in [0.4, 0.5) is 5.69 Å². The molecule has 0 unspecified atom stereocenters. The average Bonchev–Trinajstić information content (AvgIpc) is 3.22. The predicted octanol–water partition coefficient (Wildman–Crippen LogP) is 7.98. The van der Waals surface area contributed by atoms with Crippen molar-refractivity contribution >= 4 is 62.3 Å². The van der Waals surface area contributed by atoms with E-state index in [9.17, 15) is 4.79 Å². The molecule has 3 aromatic carbocycles. The van der Waals surface area contributed by atoms with E-state index in [0.29, 0.717) is 33.5 Å². The van der Waals surface area contributed by atoms with Gasteiger partial charge in [0.1, 0.15) is 0 Å². The molecule has 0 fully saturated rings. The van der Waals surface area contributed by atoms with E-state index in [1.165, 1.54) is 12.1 Å². The largest absolute Gasteiger partial charge is 0.436 e. The highest BCUT2D eigenvalue weighted by atomic mass is 79.9. The molecule has 0 atom stereocenters. The van der Waals surface area contributed by atoms with Crippen LogP contribution in [0.1, 0.15) is 10.4 Å². The minimum atomic E-state index is -0.380. The maximum Gasteiger partial charge on any atom is 0.256 e. The summed E-state index contributed by atoms with van der Waals surface area (Å²) in [5, 5.41) is 3.64. The topological polar surface area (TPSA) is 55.1 Å². The Labute approximate surface area is 195 Å². The average molecular weight is 523 g/mol. The molecule has 1 heterocycles. The van der Waals surface area contributed by atoms with Crippen molar-refractivity contribution in [2.24, 2.45) is 0 Å². The van der Waals surface area contributed by atoms with Crippen LogP contribution in [0, 0.1) is 0 Å². The Hall–Kier alpha value is -2.31. The molecule has 0 saturated carbocycles. The van der Waals surface area contributed by atoms with Crippen molar-refractivity contribution in [1.82, 2.24) is 4.98 Å². The number of hydrogen-bond acceptors (Lipinski definition) is 3. The number of aromatic nitrogens is 1. The van der Waals surface area contributed by atoms with E-state index in [0.717, 1.165) is 10.0 Å². The van der Waals surface area contributed by atoms with Crippen molar-refractivity contribution in [2.75, 3.05) is 5.32 Å². The number of benzene rings is 3. The Bertz CT molecular complexity index is 1240. The highest BCUT2D eigenvalue weighted by Gasteiger charge is 2.18. The molecule has 4 nitrogen and oxygen atoms in total. The molecule has 4 rings (SSSR count). The fourth-order valence-electron chi connectivity index (χ4n) is 2.82. The minimum absolute atomic E-state index is 0.281. The van der Waals surface area contributed by atoms with Crippen molar-refractivity contribution in [3.8, 4) is 22.8 Å². The third-order valence-electron chi connectivity index (χ3n) is 4.29. The first-order valence-electron chi connectivity index (χ1n) is 8.69. The molecule has 0 aliphatic rings. The van der Waals surface area contributed by atoms with Crippen LogP contribution in [0.2, 0.25) is 15.1 Å². The lowest BCUT2D eigenvalue weighted by molar-refractivity contribution is 0.102. The second-order valence-electron chi connectivity index (χ2n) is 6.28. The number of halogens is 4. The zero-order valence-electron chi connectivity index (χ0n) is 15.1. The number of oxazole rings is 1. The van der Waals surface area contributed by atoms with Crippen LogP contribution < -0.4 is 5.32 Å². The van der Waals surface area contributed by atoms with E-state index in [2.05, 4.69) is 26.2 Å². The van der Waals surface area contributed by atoms with Crippen LogP contribution in [0.25, 0.3) is 22.8 Å². The molecule has 8 heteroatoms. The highest BCUT2D eigenvalue weighted by molar-refractivity contribution is 9.10. The third-order valence-corrected chi connectivity index (χ3v) is 5.86. The van der Waals surface area contributed by atoms with E-state index in [1.807, 2.05) is 30.3 Å². The standard InChI is InChI=1S/C22H12BrCl3N2O2/c23-13-7-5-12(6-8-13)20-11-27-22(30-20)15-4-2-1-3-14(15)21(29)28-19-10-17(25)16(24)9-18(19)26/h1-11H,(H,28,29). The highest BCUT2D eigenvalue weighted by Crippen LogP contribution is 2.33. The molecule has 0 spiro atoms. The van der Waals surface area contributed by atoms with E-state index in [-0.39, 0.29) is 16.0 Å². The maximum absolute atomic E-state index is 13.0. The van der Waals surface area contributed by atoms with Crippen molar-refractivity contribution in [3.63, 3.8) is 0 Å². The van der Waals surface area contributed by atoms with Gasteiger partial charge in [0.15, 0.2) is 5.76 Å². The van der Waals surface area contributed by atoms with Crippen LogP contribution in [-0.4, -0.2) is 10.9 Å². The number of rotatable bonds is 4. The molecular weight excluding hydrogens is 511 g/mol. The summed E-state index contributed by atoms with van der Waals surface area (Å²) in [5.41, 5.74) is 2.16. The first kappa shape index (κ1) is 20.9. The van der Waals surface area contributed by atoms with Crippen molar-refractivity contribution < 1.29 is 9.21 Å². The van der Waals surface area contributed by atoms with Gasteiger partial charge in [0, 0.05) is 15.6 Å². The summed E-state index contributed by atoms with van der Waals surface area (Å²) in [6, 6.07) is 17.7. The summed E-state index contributed by atoms with van der Waals surface area (Å²) in [7, 11) is 0. The summed E-state index contributed by atoms with van der Waals surface area (Å²) in [6.07, 6.45) is 1.63. The van der Waals surface area contributed by atoms with Crippen LogP contribution in [0.5, 0.6) is 0 Å². The molecule has 1 aromatic heterocycles. The summed E-state index contributed by atoms with van der Waals surface area (Å²) < 4.78 is 6.89. The number of carbonyl (C=O) groups excluding carboxylic acids is 1. The SMILES string of the molecule is O=C(Nc1cc(Cl)c(Cl)cc1Cl)c1ccccc1-c1ncc(-c2ccc(Br)cc2)o1. The quantitative estimate of drug-likeness (QED) is 0.277. The number of carbonyl (C=O) groups is 1. The van der Waals surface area contributed by atoms with Crippen LogP contribution in [-0.2, 0) is 0 Å². The van der Waals surface area contributed by atoms with Crippen LogP contribution in [0.3, 0.4) is 0 Å². The molecule has 4 aromatic rings. The molecule has 0 bridgehead atoms. The lowest BCUT2D eigenvalue weighted by atomic mass is 10.1. The Morgan fingerprint density at radius 2 is 1.63 bits per heavy atom. The van der Waals surface area contributed by atoms with Crippen molar-refractivity contribution in [2.45, 2.75) is 0 Å². The minimum Gasteiger partial charge on any atom is -0.436 e. The van der Waals surface area contributed by atoms with E-state index < -0.39 is 0 Å². The van der Waals surface area contributed by atoms with E-state index >= 15 is 0 Å². The van der Waals surface area contributed by atoms with Gasteiger partial charge in [-0.05, 0) is 36.4 Å². The predicted molar refractivity (Wildman–Crippen MR) is 125 cm³/mol. The molecule has 0 radical (unpaired) electrons. The number of nitrogens with zero attached hydrogens (tertiary/aromatic N) is 1. The third kappa shape index (κ3) is 4.40. The van der Waals surface area contributed by atoms with Gasteiger partial charge < -0.3 is 9.73 Å². The summed E-state index contributed by atoms with van der Waals surface area (Å²) in [6.45, 7) is 0. The van der Waals surface area contributed by atoms with Gasteiger partial charge in [-0.3, -0.25) is 4.79 Å². The second-order valence-corrected chi connectivity index (χ2v) is 8.42. The summed E-state index contributed by atoms with van der Waals surface area (Å²) in [4.78, 5) is 17.3. The first-order chi connectivity index (χ1) is 14.4. The van der Waals surface area contributed by atoms with E-state index in [4.69, 9.17) is 39.2 Å². The zero-order valence-corrected chi connectivity index (χ0v) is 19.0. The maximum atomic E-state index is 13.0. The Balaban J connectivity index is 1.66. The lowest BCUT2D eigenvalue weighted by Gasteiger charge is -2.10. The molecule has 1 N–H and O–H groups in total. The number of hydrogen-bond donors (Lipinski definition) is 1. The summed E-state index contributed by atoms with van der Waals surface area (Å²) in [5.74, 6) is 0.549. The molecule has 0 aliphatic heterocycles. The smallest absolute Gasteiger partial charge is 0.256 e. The second kappa shape index (κ2) is 8.82. The number of nitrogens with one attached hydrogen (secondary N) is 1. The summed E-state index contributed by atoms with van der Waals surface area (Å²) >= 11 is 21.6. The van der Waals surface area contributed by atoms with Crippen LogP contribution >= 0.6 is 50.7 Å². The fraction of sp³-hybridized carbons (Fsp3) is 0. The Morgan fingerprint density at radius 1 is 0.933 bits per heavy atom. The lowest BCUT2D eigenvalue weighted by Crippen LogP contribution is -2.13. The monoisotopic (exact) mass is 520 g/mol. The molecule has 1 amide bonds. The van der Waals surface area contributed by atoms with Gasteiger partial charge in [0.2, 0.25) is 5.89 Å². The normalized spacial score (nSPS) is 10.8. The molecule has 0 saturated heterocycles. The molecular formula is C22H12BrCl3N2O2. The van der Waals surface area contributed by atoms with Gasteiger partial charge in [-0.2, -0.15) is 0 Å². The zero-order chi connectivity index (χ0) is 21.3.